The van der Waals surface area contributed by atoms with E-state index < -0.39 is 0 Å². The van der Waals surface area contributed by atoms with Gasteiger partial charge in [-0.25, -0.2) is 4.98 Å². The highest BCUT2D eigenvalue weighted by Gasteiger charge is 2.10. The second-order valence-corrected chi connectivity index (χ2v) is 5.72. The largest absolute Gasteiger partial charge is 0.486 e. The average Bonchev–Trinajstić information content (AvgIpc) is 3.15. The third kappa shape index (κ3) is 3.03. The summed E-state index contributed by atoms with van der Waals surface area (Å²) in [7, 11) is 0. The van der Waals surface area contributed by atoms with E-state index >= 15 is 0 Å². The monoisotopic (exact) mass is 342 g/mol. The lowest BCUT2D eigenvalue weighted by molar-refractivity contribution is 0.309. The number of nitriles is 1. The maximum atomic E-state index is 9.02. The van der Waals surface area contributed by atoms with Gasteiger partial charge in [-0.3, -0.25) is 0 Å². The topological polar surface area (TPSA) is 113 Å². The molecule has 4 rings (SSSR count). The third-order valence-electron chi connectivity index (χ3n) is 3.95. The summed E-state index contributed by atoms with van der Waals surface area (Å²) in [5.41, 5.74) is 10.4. The molecule has 2 aromatic carbocycles. The molecule has 0 aliphatic rings. The minimum absolute atomic E-state index is 0.328. The Labute approximate surface area is 149 Å². The van der Waals surface area contributed by atoms with E-state index in [1.165, 1.54) is 0 Å². The van der Waals surface area contributed by atoms with Crippen molar-refractivity contribution in [2.24, 2.45) is 0 Å². The SMILES string of the molecule is N#Cc1cccc(-c2ccc(COc3cc(N)nc4n[nH]nc34)cc2)c1. The molecule has 0 saturated carbocycles. The Morgan fingerprint density at radius 3 is 2.69 bits per heavy atom. The van der Waals surface area contributed by atoms with Gasteiger partial charge in [-0.15, -0.1) is 5.10 Å². The normalized spacial score (nSPS) is 10.6. The summed E-state index contributed by atoms with van der Waals surface area (Å²) in [6.07, 6.45) is 0. The van der Waals surface area contributed by atoms with Gasteiger partial charge in [0.05, 0.1) is 11.6 Å². The molecule has 0 saturated heterocycles. The van der Waals surface area contributed by atoms with Crippen LogP contribution in [0.5, 0.6) is 5.75 Å². The summed E-state index contributed by atoms with van der Waals surface area (Å²) in [6.45, 7) is 0.365. The van der Waals surface area contributed by atoms with Crippen molar-refractivity contribution in [2.45, 2.75) is 6.61 Å². The van der Waals surface area contributed by atoms with Gasteiger partial charge in [0.15, 0.2) is 11.3 Å². The fraction of sp³-hybridized carbons (Fsp3) is 0.0526. The minimum Gasteiger partial charge on any atom is -0.486 e. The van der Waals surface area contributed by atoms with E-state index in [0.717, 1.165) is 16.7 Å². The number of anilines is 1. The van der Waals surface area contributed by atoms with E-state index in [2.05, 4.69) is 26.5 Å². The van der Waals surface area contributed by atoms with Gasteiger partial charge in [0, 0.05) is 6.07 Å². The summed E-state index contributed by atoms with van der Waals surface area (Å²) in [5.74, 6) is 0.862. The highest BCUT2D eigenvalue weighted by Crippen LogP contribution is 2.25. The second-order valence-electron chi connectivity index (χ2n) is 5.72. The van der Waals surface area contributed by atoms with Crippen molar-refractivity contribution in [2.75, 3.05) is 5.73 Å². The number of fused-ring (bicyclic) bond motifs is 1. The number of hydrogen-bond acceptors (Lipinski definition) is 6. The van der Waals surface area contributed by atoms with Crippen LogP contribution >= 0.6 is 0 Å². The highest BCUT2D eigenvalue weighted by atomic mass is 16.5. The average molecular weight is 342 g/mol. The molecular weight excluding hydrogens is 328 g/mol. The molecule has 0 atom stereocenters. The molecule has 126 valence electrons. The zero-order valence-corrected chi connectivity index (χ0v) is 13.7. The van der Waals surface area contributed by atoms with Gasteiger partial charge in [0.1, 0.15) is 12.4 Å². The number of rotatable bonds is 4. The van der Waals surface area contributed by atoms with Crippen molar-refractivity contribution >= 4 is 17.0 Å². The van der Waals surface area contributed by atoms with Gasteiger partial charge in [-0.05, 0) is 28.8 Å². The molecule has 0 unspecified atom stereocenters. The molecule has 4 aromatic rings. The van der Waals surface area contributed by atoms with Crippen LogP contribution in [0.3, 0.4) is 0 Å². The van der Waals surface area contributed by atoms with Crippen LogP contribution in [0, 0.1) is 11.3 Å². The van der Waals surface area contributed by atoms with E-state index in [1.807, 2.05) is 42.5 Å². The van der Waals surface area contributed by atoms with Gasteiger partial charge >= 0.3 is 0 Å². The van der Waals surface area contributed by atoms with Gasteiger partial charge < -0.3 is 10.5 Å². The molecule has 0 aliphatic heterocycles. The molecule has 2 aromatic heterocycles. The number of nitrogens with one attached hydrogen (secondary N) is 1. The Kier molecular flexibility index (Phi) is 3.92. The maximum absolute atomic E-state index is 9.02. The van der Waals surface area contributed by atoms with Crippen LogP contribution in [-0.2, 0) is 6.61 Å². The van der Waals surface area contributed by atoms with Crippen LogP contribution in [0.15, 0.2) is 54.6 Å². The molecule has 0 aliphatic carbocycles. The van der Waals surface area contributed by atoms with Crippen molar-refractivity contribution in [3.8, 4) is 22.9 Å². The first-order chi connectivity index (χ1) is 12.7. The Hall–Kier alpha value is -3.92. The molecule has 0 amide bonds. The quantitative estimate of drug-likeness (QED) is 0.589. The summed E-state index contributed by atoms with van der Waals surface area (Å²) in [5, 5.41) is 19.5. The van der Waals surface area contributed by atoms with Crippen molar-refractivity contribution in [1.82, 2.24) is 20.4 Å². The molecular formula is C19H14N6O. The fourth-order valence-electron chi connectivity index (χ4n) is 2.66. The predicted molar refractivity (Wildman–Crippen MR) is 97.0 cm³/mol. The number of nitrogen functional groups attached to an aromatic ring is 1. The summed E-state index contributed by atoms with van der Waals surface area (Å²) >= 11 is 0. The fourth-order valence-corrected chi connectivity index (χ4v) is 2.66. The molecule has 7 nitrogen and oxygen atoms in total. The zero-order valence-electron chi connectivity index (χ0n) is 13.7. The van der Waals surface area contributed by atoms with Crippen molar-refractivity contribution in [1.29, 1.82) is 5.26 Å². The Bertz CT molecular complexity index is 1110. The molecule has 2 heterocycles. The number of H-pyrrole nitrogens is 1. The number of pyridine rings is 1. The number of ether oxygens (including phenoxy) is 1. The maximum Gasteiger partial charge on any atom is 0.207 e. The number of aromatic amines is 1. The minimum atomic E-state index is 0.328. The van der Waals surface area contributed by atoms with Crippen LogP contribution in [0.2, 0.25) is 0 Å². The van der Waals surface area contributed by atoms with Crippen molar-refractivity contribution < 1.29 is 4.74 Å². The van der Waals surface area contributed by atoms with Crippen LogP contribution in [0.4, 0.5) is 5.82 Å². The van der Waals surface area contributed by atoms with Gasteiger partial charge in [0.25, 0.3) is 0 Å². The summed E-state index contributed by atoms with van der Waals surface area (Å²) in [4.78, 5) is 4.08. The van der Waals surface area contributed by atoms with E-state index in [0.29, 0.717) is 34.9 Å². The summed E-state index contributed by atoms with van der Waals surface area (Å²) < 4.78 is 5.84. The first kappa shape index (κ1) is 15.6. The number of nitrogens with zero attached hydrogens (tertiary/aromatic N) is 4. The number of benzene rings is 2. The van der Waals surface area contributed by atoms with Crippen molar-refractivity contribution in [3.63, 3.8) is 0 Å². The Balaban J connectivity index is 1.52. The lowest BCUT2D eigenvalue weighted by atomic mass is 10.0. The van der Waals surface area contributed by atoms with Gasteiger partial charge in [-0.1, -0.05) is 36.4 Å². The smallest absolute Gasteiger partial charge is 0.207 e. The Morgan fingerprint density at radius 2 is 1.88 bits per heavy atom. The molecule has 26 heavy (non-hydrogen) atoms. The highest BCUT2D eigenvalue weighted by molar-refractivity contribution is 5.78. The van der Waals surface area contributed by atoms with Crippen LogP contribution < -0.4 is 10.5 Å². The summed E-state index contributed by atoms with van der Waals surface area (Å²) in [6, 6.07) is 19.3. The standard InChI is InChI=1S/C19H14N6O/c20-10-13-2-1-3-15(8-13)14-6-4-12(5-7-14)11-26-16-9-17(21)22-19-18(16)23-25-24-19/h1-9H,11H2,(H3,21,22,23,24,25). The van der Waals surface area contributed by atoms with E-state index in [-0.39, 0.29) is 0 Å². The predicted octanol–water partition coefficient (Wildman–Crippen LogP) is 3.05. The third-order valence-corrected chi connectivity index (χ3v) is 3.95. The van der Waals surface area contributed by atoms with Crippen LogP contribution in [0.1, 0.15) is 11.1 Å². The number of nitrogens with two attached hydrogens (primary N) is 1. The van der Waals surface area contributed by atoms with Crippen molar-refractivity contribution in [3.05, 3.63) is 65.7 Å². The van der Waals surface area contributed by atoms with Gasteiger partial charge in [-0.2, -0.15) is 15.6 Å². The molecule has 7 heteroatoms. The first-order valence-corrected chi connectivity index (χ1v) is 7.92. The van der Waals surface area contributed by atoms with Crippen LogP contribution in [0.25, 0.3) is 22.3 Å². The molecule has 0 fully saturated rings. The Morgan fingerprint density at radius 1 is 1.04 bits per heavy atom. The molecule has 3 N–H and O–H groups in total. The molecule has 0 spiro atoms. The lowest BCUT2D eigenvalue weighted by Crippen LogP contribution is -1.99. The van der Waals surface area contributed by atoms with E-state index in [4.69, 9.17) is 15.7 Å². The molecule has 0 radical (unpaired) electrons. The van der Waals surface area contributed by atoms with E-state index in [1.54, 1.807) is 12.1 Å². The first-order valence-electron chi connectivity index (χ1n) is 7.92. The molecule has 0 bridgehead atoms. The zero-order chi connectivity index (χ0) is 17.9. The van der Waals surface area contributed by atoms with E-state index in [9.17, 15) is 0 Å². The number of aromatic nitrogens is 4. The van der Waals surface area contributed by atoms with Gasteiger partial charge in [0.2, 0.25) is 5.65 Å². The number of hydrogen-bond donors (Lipinski definition) is 2. The van der Waals surface area contributed by atoms with Crippen LogP contribution in [-0.4, -0.2) is 20.4 Å². The lowest BCUT2D eigenvalue weighted by Gasteiger charge is -2.08. The second kappa shape index (κ2) is 6.53.